The number of hydrogen-bond acceptors (Lipinski definition) is 8. The molecule has 0 aromatic carbocycles. The second-order valence-electron chi connectivity index (χ2n) is 5.15. The molecule has 0 radical (unpaired) electrons. The molecule has 0 bridgehead atoms. The van der Waals surface area contributed by atoms with Crippen LogP contribution in [0.15, 0.2) is 44.6 Å². The summed E-state index contributed by atoms with van der Waals surface area (Å²) in [5.74, 6) is 0.635. The number of nitrogens with one attached hydrogen (secondary N) is 1. The molecule has 0 unspecified atom stereocenters. The lowest BCUT2D eigenvalue weighted by atomic mass is 10.2. The Morgan fingerprint density at radius 1 is 1.32 bits per heavy atom. The smallest absolute Gasteiger partial charge is 0.284 e. The van der Waals surface area contributed by atoms with Crippen molar-refractivity contribution in [2.45, 2.75) is 30.9 Å². The highest BCUT2D eigenvalue weighted by Gasteiger charge is 2.22. The Kier molecular flexibility index (Phi) is 5.34. The Morgan fingerprint density at radius 2 is 2.16 bits per heavy atom. The average molecular weight is 377 g/mol. The van der Waals surface area contributed by atoms with Crippen LogP contribution < -0.4 is 5.32 Å². The minimum Gasteiger partial charge on any atom is -0.459 e. The third-order valence-corrected chi connectivity index (χ3v) is 5.24. The van der Waals surface area contributed by atoms with Gasteiger partial charge in [0.05, 0.1) is 22.9 Å². The number of amides is 1. The third-order valence-electron chi connectivity index (χ3n) is 3.20. The van der Waals surface area contributed by atoms with Crippen molar-refractivity contribution in [2.24, 2.45) is 0 Å². The standard InChI is InChI=1S/C16H15N3O4S2/c1-9(14(21)13-6-5-11(25-13)8-17-10(2)20)24-16-19-18-15(23-16)12-4-3-7-22-12/h3-7,9H,8H2,1-2H3,(H,17,20)/t9-/m0/s1. The predicted octanol–water partition coefficient (Wildman–Crippen LogP) is 3.39. The lowest BCUT2D eigenvalue weighted by molar-refractivity contribution is -0.119. The molecular formula is C16H15N3O4S2. The number of ketones is 1. The molecule has 3 aromatic heterocycles. The van der Waals surface area contributed by atoms with Gasteiger partial charge in [-0.15, -0.1) is 21.5 Å². The van der Waals surface area contributed by atoms with Gasteiger partial charge in [-0.05, 0) is 31.2 Å². The van der Waals surface area contributed by atoms with Crippen LogP contribution in [-0.2, 0) is 11.3 Å². The Morgan fingerprint density at radius 3 is 2.88 bits per heavy atom. The second-order valence-corrected chi connectivity index (χ2v) is 7.61. The minimum atomic E-state index is -0.378. The van der Waals surface area contributed by atoms with Crippen LogP contribution in [0.4, 0.5) is 0 Å². The fourth-order valence-corrected chi connectivity index (χ4v) is 3.78. The molecule has 0 fully saturated rings. The van der Waals surface area contributed by atoms with Gasteiger partial charge in [-0.2, -0.15) is 0 Å². The lowest BCUT2D eigenvalue weighted by Crippen LogP contribution is -2.18. The van der Waals surface area contributed by atoms with Crippen molar-refractivity contribution in [3.8, 4) is 11.7 Å². The van der Waals surface area contributed by atoms with Gasteiger partial charge in [-0.1, -0.05) is 11.8 Å². The van der Waals surface area contributed by atoms with Crippen molar-refractivity contribution in [3.05, 3.63) is 40.3 Å². The predicted molar refractivity (Wildman–Crippen MR) is 93.5 cm³/mol. The number of thiophene rings is 1. The minimum absolute atomic E-state index is 0.0261. The molecule has 0 saturated carbocycles. The number of carbonyl (C=O) groups is 2. The molecule has 0 saturated heterocycles. The van der Waals surface area contributed by atoms with Crippen LogP contribution in [0.2, 0.25) is 0 Å². The number of furan rings is 1. The van der Waals surface area contributed by atoms with Gasteiger partial charge in [0.2, 0.25) is 5.91 Å². The molecule has 7 nitrogen and oxygen atoms in total. The van der Waals surface area contributed by atoms with E-state index in [9.17, 15) is 9.59 Å². The third kappa shape index (κ3) is 4.37. The summed E-state index contributed by atoms with van der Waals surface area (Å²) in [6.07, 6.45) is 1.52. The van der Waals surface area contributed by atoms with Crippen LogP contribution in [-0.4, -0.2) is 27.1 Å². The van der Waals surface area contributed by atoms with E-state index in [4.69, 9.17) is 8.83 Å². The average Bonchev–Trinajstić information content (AvgIpc) is 3.32. The summed E-state index contributed by atoms with van der Waals surface area (Å²) < 4.78 is 10.7. The number of rotatable bonds is 7. The van der Waals surface area contributed by atoms with Crippen molar-refractivity contribution in [2.75, 3.05) is 0 Å². The molecule has 1 N–H and O–H groups in total. The van der Waals surface area contributed by atoms with Gasteiger partial charge in [0.25, 0.3) is 11.1 Å². The largest absolute Gasteiger partial charge is 0.459 e. The SMILES string of the molecule is CC(=O)NCc1ccc(C(=O)[C@H](C)Sc2nnc(-c3ccco3)o2)s1. The Bertz CT molecular complexity index is 870. The van der Waals surface area contributed by atoms with Gasteiger partial charge >= 0.3 is 0 Å². The van der Waals surface area contributed by atoms with E-state index in [1.807, 2.05) is 6.07 Å². The maximum Gasteiger partial charge on any atom is 0.284 e. The Labute approximate surface area is 151 Å². The van der Waals surface area contributed by atoms with E-state index in [-0.39, 0.29) is 22.8 Å². The number of hydrogen-bond donors (Lipinski definition) is 1. The summed E-state index contributed by atoms with van der Waals surface area (Å²) in [6, 6.07) is 7.06. The van der Waals surface area contributed by atoms with Gasteiger partial charge in [0, 0.05) is 11.8 Å². The maximum atomic E-state index is 12.5. The molecule has 0 spiro atoms. The zero-order valence-electron chi connectivity index (χ0n) is 13.5. The van der Waals surface area contributed by atoms with Crippen LogP contribution >= 0.6 is 23.1 Å². The number of Topliss-reactive ketones (excluding diaryl/α,β-unsaturated/α-hetero) is 1. The summed E-state index contributed by atoms with van der Waals surface area (Å²) >= 11 is 2.56. The van der Waals surface area contributed by atoms with Gasteiger partial charge < -0.3 is 14.2 Å². The van der Waals surface area contributed by atoms with Crippen LogP contribution in [0.1, 0.15) is 28.4 Å². The number of aromatic nitrogens is 2. The first kappa shape index (κ1) is 17.4. The quantitative estimate of drug-likeness (QED) is 0.498. The van der Waals surface area contributed by atoms with E-state index >= 15 is 0 Å². The molecule has 3 heterocycles. The van der Waals surface area contributed by atoms with Crippen LogP contribution in [0, 0.1) is 0 Å². The van der Waals surface area contributed by atoms with E-state index in [0.717, 1.165) is 4.88 Å². The van der Waals surface area contributed by atoms with E-state index < -0.39 is 0 Å². The van der Waals surface area contributed by atoms with Gasteiger partial charge in [0.1, 0.15) is 0 Å². The van der Waals surface area contributed by atoms with Crippen LogP contribution in [0.5, 0.6) is 0 Å². The summed E-state index contributed by atoms with van der Waals surface area (Å²) in [6.45, 7) is 3.67. The molecule has 25 heavy (non-hydrogen) atoms. The summed E-state index contributed by atoms with van der Waals surface area (Å²) in [7, 11) is 0. The van der Waals surface area contributed by atoms with Crippen LogP contribution in [0.25, 0.3) is 11.7 Å². The van der Waals surface area contributed by atoms with E-state index in [1.54, 1.807) is 25.1 Å². The number of nitrogens with zero attached hydrogens (tertiary/aromatic N) is 2. The first-order valence-corrected chi connectivity index (χ1v) is 9.14. The Balaban J connectivity index is 1.62. The highest BCUT2D eigenvalue weighted by atomic mass is 32.2. The Hall–Kier alpha value is -2.39. The zero-order chi connectivity index (χ0) is 17.8. The monoisotopic (exact) mass is 377 g/mol. The molecule has 130 valence electrons. The second kappa shape index (κ2) is 7.66. The van der Waals surface area contributed by atoms with E-state index in [1.165, 1.54) is 36.3 Å². The fraction of sp³-hybridized carbons (Fsp3) is 0.250. The summed E-state index contributed by atoms with van der Waals surface area (Å²) in [4.78, 5) is 25.0. The molecule has 0 aliphatic carbocycles. The zero-order valence-corrected chi connectivity index (χ0v) is 15.1. The maximum absolute atomic E-state index is 12.5. The topological polar surface area (TPSA) is 98.2 Å². The molecule has 3 rings (SSSR count). The lowest BCUT2D eigenvalue weighted by Gasteiger charge is -2.05. The first-order chi connectivity index (χ1) is 12.0. The highest BCUT2D eigenvalue weighted by Crippen LogP contribution is 2.29. The molecule has 9 heteroatoms. The van der Waals surface area contributed by atoms with Crippen molar-refractivity contribution in [1.29, 1.82) is 0 Å². The van der Waals surface area contributed by atoms with Crippen LogP contribution in [0.3, 0.4) is 0 Å². The first-order valence-electron chi connectivity index (χ1n) is 7.44. The van der Waals surface area contributed by atoms with Crippen molar-refractivity contribution in [1.82, 2.24) is 15.5 Å². The molecule has 1 amide bonds. The number of carbonyl (C=O) groups excluding carboxylic acids is 2. The summed E-state index contributed by atoms with van der Waals surface area (Å²) in [5.41, 5.74) is 0. The van der Waals surface area contributed by atoms with Crippen molar-refractivity contribution < 1.29 is 18.4 Å². The molecule has 3 aromatic rings. The number of thioether (sulfide) groups is 1. The fourth-order valence-electron chi connectivity index (χ4n) is 1.98. The molecular weight excluding hydrogens is 362 g/mol. The van der Waals surface area contributed by atoms with Gasteiger partial charge in [-0.3, -0.25) is 9.59 Å². The van der Waals surface area contributed by atoms with E-state index in [0.29, 0.717) is 22.4 Å². The molecule has 1 atom stereocenters. The molecule has 0 aliphatic rings. The van der Waals surface area contributed by atoms with Crippen molar-refractivity contribution >= 4 is 34.8 Å². The highest BCUT2D eigenvalue weighted by molar-refractivity contribution is 8.00. The molecule has 0 aliphatic heterocycles. The summed E-state index contributed by atoms with van der Waals surface area (Å²) in [5, 5.41) is 10.5. The van der Waals surface area contributed by atoms with Gasteiger partial charge in [-0.25, -0.2) is 0 Å². The normalized spacial score (nSPS) is 12.1. The van der Waals surface area contributed by atoms with E-state index in [2.05, 4.69) is 15.5 Å². The van der Waals surface area contributed by atoms with Crippen molar-refractivity contribution in [3.63, 3.8) is 0 Å². The van der Waals surface area contributed by atoms with Gasteiger partial charge in [0.15, 0.2) is 11.5 Å².